The summed E-state index contributed by atoms with van der Waals surface area (Å²) in [7, 11) is 3.00. The van der Waals surface area contributed by atoms with Crippen LogP contribution in [0.2, 0.25) is 5.02 Å². The van der Waals surface area contributed by atoms with Crippen LogP contribution in [0.25, 0.3) is 0 Å². The van der Waals surface area contributed by atoms with Crippen molar-refractivity contribution in [2.24, 2.45) is 0 Å². The first-order valence-corrected chi connectivity index (χ1v) is 6.10. The lowest BCUT2D eigenvalue weighted by molar-refractivity contribution is -0.142. The predicted molar refractivity (Wildman–Crippen MR) is 71.0 cm³/mol. The zero-order valence-corrected chi connectivity index (χ0v) is 11.7. The average molecular weight is 272 g/mol. The van der Waals surface area contributed by atoms with Crippen LogP contribution in [0, 0.1) is 0 Å². The molecule has 1 aromatic rings. The number of esters is 1. The van der Waals surface area contributed by atoms with Crippen molar-refractivity contribution in [2.45, 2.75) is 13.5 Å². The Bertz CT molecular complexity index is 409. The second-order valence-corrected chi connectivity index (χ2v) is 4.27. The molecule has 0 unspecified atom stereocenters. The third-order valence-corrected chi connectivity index (χ3v) is 2.90. The van der Waals surface area contributed by atoms with E-state index in [1.807, 2.05) is 24.0 Å². The molecular weight excluding hydrogens is 254 g/mol. The van der Waals surface area contributed by atoms with E-state index in [2.05, 4.69) is 4.74 Å². The topological polar surface area (TPSA) is 38.8 Å². The minimum absolute atomic E-state index is 0.252. The maximum atomic E-state index is 11.3. The van der Waals surface area contributed by atoms with Crippen molar-refractivity contribution in [2.75, 3.05) is 27.3 Å². The van der Waals surface area contributed by atoms with Gasteiger partial charge in [-0.2, -0.15) is 0 Å². The molecular formula is C13H18ClNO3. The maximum absolute atomic E-state index is 11.3. The van der Waals surface area contributed by atoms with Gasteiger partial charge in [-0.25, -0.2) is 0 Å². The van der Waals surface area contributed by atoms with Gasteiger partial charge in [0.2, 0.25) is 0 Å². The Labute approximate surface area is 112 Å². The molecule has 0 amide bonds. The molecule has 0 aliphatic carbocycles. The van der Waals surface area contributed by atoms with E-state index in [4.69, 9.17) is 16.3 Å². The molecule has 0 radical (unpaired) electrons. The molecule has 0 fully saturated rings. The lowest BCUT2D eigenvalue weighted by Crippen LogP contribution is -2.30. The summed E-state index contributed by atoms with van der Waals surface area (Å²) < 4.78 is 9.94. The lowest BCUT2D eigenvalue weighted by Gasteiger charge is -2.20. The van der Waals surface area contributed by atoms with Crippen LogP contribution >= 0.6 is 11.6 Å². The van der Waals surface area contributed by atoms with E-state index in [0.29, 0.717) is 11.6 Å². The van der Waals surface area contributed by atoms with Gasteiger partial charge in [-0.15, -0.1) is 0 Å². The second-order valence-electron chi connectivity index (χ2n) is 3.84. The van der Waals surface area contributed by atoms with Crippen LogP contribution in [0.1, 0.15) is 12.5 Å². The number of nitrogens with zero attached hydrogens (tertiary/aromatic N) is 1. The summed E-state index contributed by atoms with van der Waals surface area (Å²) in [4.78, 5) is 13.2. The number of carbonyl (C=O) groups excluding carboxylic acids is 1. The summed E-state index contributed by atoms with van der Waals surface area (Å²) in [6.07, 6.45) is 0. The van der Waals surface area contributed by atoms with E-state index >= 15 is 0 Å². The highest BCUT2D eigenvalue weighted by Crippen LogP contribution is 2.23. The summed E-state index contributed by atoms with van der Waals surface area (Å²) in [5, 5.41) is 0.653. The van der Waals surface area contributed by atoms with Gasteiger partial charge in [-0.05, 0) is 24.7 Å². The van der Waals surface area contributed by atoms with Gasteiger partial charge >= 0.3 is 5.97 Å². The molecule has 0 aliphatic rings. The molecule has 0 saturated heterocycles. The van der Waals surface area contributed by atoms with E-state index in [-0.39, 0.29) is 12.5 Å². The van der Waals surface area contributed by atoms with Crippen LogP contribution in [-0.4, -0.2) is 38.2 Å². The van der Waals surface area contributed by atoms with E-state index in [0.717, 1.165) is 17.9 Å². The Morgan fingerprint density at radius 3 is 2.67 bits per heavy atom. The van der Waals surface area contributed by atoms with Gasteiger partial charge in [0, 0.05) is 17.1 Å². The van der Waals surface area contributed by atoms with Crippen molar-refractivity contribution in [1.29, 1.82) is 0 Å². The van der Waals surface area contributed by atoms with Crippen LogP contribution in [0.3, 0.4) is 0 Å². The van der Waals surface area contributed by atoms with E-state index in [1.165, 1.54) is 7.11 Å². The third kappa shape index (κ3) is 4.20. The van der Waals surface area contributed by atoms with Gasteiger partial charge in [0.15, 0.2) is 0 Å². The molecule has 0 saturated carbocycles. The fourth-order valence-electron chi connectivity index (χ4n) is 1.64. The zero-order valence-electron chi connectivity index (χ0n) is 10.9. The molecule has 0 aliphatic heterocycles. The molecule has 0 spiro atoms. The first-order valence-electron chi connectivity index (χ1n) is 5.72. The number of likely N-dealkylation sites (N-methyl/N-ethyl adjacent to an activating group) is 1. The summed E-state index contributed by atoms with van der Waals surface area (Å²) in [6, 6.07) is 5.45. The normalized spacial score (nSPS) is 10.5. The smallest absolute Gasteiger partial charge is 0.319 e. The molecule has 18 heavy (non-hydrogen) atoms. The zero-order chi connectivity index (χ0) is 13.5. The number of methoxy groups -OCH3 is 2. The van der Waals surface area contributed by atoms with Gasteiger partial charge in [0.25, 0.3) is 0 Å². The van der Waals surface area contributed by atoms with Crippen molar-refractivity contribution < 1.29 is 14.3 Å². The van der Waals surface area contributed by atoms with Gasteiger partial charge in [0.05, 0.1) is 20.8 Å². The molecule has 0 atom stereocenters. The summed E-state index contributed by atoms with van der Waals surface area (Å²) >= 11 is 5.97. The quantitative estimate of drug-likeness (QED) is 0.745. The van der Waals surface area contributed by atoms with E-state index < -0.39 is 0 Å². The second kappa shape index (κ2) is 7.24. The average Bonchev–Trinajstić information content (AvgIpc) is 2.38. The fraction of sp³-hybridized carbons (Fsp3) is 0.462. The number of carbonyl (C=O) groups is 1. The minimum Gasteiger partial charge on any atom is -0.496 e. The van der Waals surface area contributed by atoms with Gasteiger partial charge in [-0.1, -0.05) is 18.5 Å². The number of halogens is 1. The van der Waals surface area contributed by atoms with Crippen molar-refractivity contribution >= 4 is 17.6 Å². The van der Waals surface area contributed by atoms with Crippen molar-refractivity contribution in [3.63, 3.8) is 0 Å². The first-order chi connectivity index (χ1) is 8.60. The summed E-state index contributed by atoms with van der Waals surface area (Å²) in [5.74, 6) is 0.514. The number of benzene rings is 1. The fourth-order valence-corrected chi connectivity index (χ4v) is 1.83. The molecule has 1 aromatic carbocycles. The Hall–Kier alpha value is -1.26. The Kier molecular flexibility index (Phi) is 5.95. The van der Waals surface area contributed by atoms with Gasteiger partial charge in [-0.3, -0.25) is 9.69 Å². The molecule has 4 nitrogen and oxygen atoms in total. The van der Waals surface area contributed by atoms with Crippen molar-refractivity contribution in [1.82, 2.24) is 4.90 Å². The third-order valence-electron chi connectivity index (χ3n) is 2.66. The summed E-state index contributed by atoms with van der Waals surface area (Å²) in [6.45, 7) is 3.57. The van der Waals surface area contributed by atoms with Crippen molar-refractivity contribution in [3.8, 4) is 5.75 Å². The highest BCUT2D eigenvalue weighted by atomic mass is 35.5. The van der Waals surface area contributed by atoms with E-state index in [1.54, 1.807) is 13.2 Å². The molecule has 100 valence electrons. The Morgan fingerprint density at radius 2 is 2.11 bits per heavy atom. The molecule has 0 heterocycles. The highest BCUT2D eigenvalue weighted by molar-refractivity contribution is 6.30. The van der Waals surface area contributed by atoms with E-state index in [9.17, 15) is 4.79 Å². The van der Waals surface area contributed by atoms with Crippen molar-refractivity contribution in [3.05, 3.63) is 28.8 Å². The predicted octanol–water partition coefficient (Wildman–Crippen LogP) is 2.34. The summed E-state index contributed by atoms with van der Waals surface area (Å²) in [5.41, 5.74) is 0.954. The molecule has 0 bridgehead atoms. The van der Waals surface area contributed by atoms with Crippen LogP contribution < -0.4 is 4.74 Å². The lowest BCUT2D eigenvalue weighted by atomic mass is 10.2. The minimum atomic E-state index is -0.252. The Morgan fingerprint density at radius 1 is 1.39 bits per heavy atom. The largest absolute Gasteiger partial charge is 0.496 e. The van der Waals surface area contributed by atoms with Crippen LogP contribution in [-0.2, 0) is 16.1 Å². The molecule has 1 rings (SSSR count). The number of hydrogen-bond donors (Lipinski definition) is 0. The Balaban J connectivity index is 2.80. The van der Waals surface area contributed by atoms with Gasteiger partial charge in [0.1, 0.15) is 5.75 Å². The number of rotatable bonds is 6. The molecule has 0 N–H and O–H groups in total. The standard InChI is InChI=1S/C13H18ClNO3/c1-4-15(9-13(16)18-3)8-10-7-11(14)5-6-12(10)17-2/h5-7H,4,8-9H2,1-3H3. The highest BCUT2D eigenvalue weighted by Gasteiger charge is 2.12. The van der Waals surface area contributed by atoms with Crippen LogP contribution in [0.15, 0.2) is 18.2 Å². The first kappa shape index (κ1) is 14.8. The van der Waals surface area contributed by atoms with Crippen LogP contribution in [0.5, 0.6) is 5.75 Å². The number of ether oxygens (including phenoxy) is 2. The monoisotopic (exact) mass is 271 g/mol. The maximum Gasteiger partial charge on any atom is 0.319 e. The van der Waals surface area contributed by atoms with Gasteiger partial charge < -0.3 is 9.47 Å². The van der Waals surface area contributed by atoms with Crippen LogP contribution in [0.4, 0.5) is 0 Å². The number of hydrogen-bond acceptors (Lipinski definition) is 4. The SMILES string of the molecule is CCN(CC(=O)OC)Cc1cc(Cl)ccc1OC. The molecule has 5 heteroatoms. The molecule has 0 aromatic heterocycles.